The summed E-state index contributed by atoms with van der Waals surface area (Å²) in [5.41, 5.74) is 0.957. The molecule has 0 aromatic heterocycles. The van der Waals surface area contributed by atoms with Crippen molar-refractivity contribution < 1.29 is 4.39 Å². The maximum absolute atomic E-state index is 13.3. The van der Waals surface area contributed by atoms with Crippen molar-refractivity contribution in [3.63, 3.8) is 0 Å². The fourth-order valence-corrected chi connectivity index (χ4v) is 3.75. The zero-order valence-corrected chi connectivity index (χ0v) is 12.0. The van der Waals surface area contributed by atoms with Gasteiger partial charge >= 0.3 is 0 Å². The zero-order valence-electron chi connectivity index (χ0n) is 11.2. The fourth-order valence-electron chi connectivity index (χ4n) is 3.51. The predicted octanol–water partition coefficient (Wildman–Crippen LogP) is 3.19. The lowest BCUT2D eigenvalue weighted by molar-refractivity contribution is 0.166. The summed E-state index contributed by atoms with van der Waals surface area (Å²) in [5, 5.41) is 4.13. The lowest BCUT2D eigenvalue weighted by atomic mass is 9.98. The number of nitrogens with zero attached hydrogens (tertiary/aromatic N) is 1. The third kappa shape index (κ3) is 3.10. The predicted molar refractivity (Wildman–Crippen MR) is 75.8 cm³/mol. The van der Waals surface area contributed by atoms with Crippen molar-refractivity contribution in [3.8, 4) is 0 Å². The van der Waals surface area contributed by atoms with E-state index in [1.54, 1.807) is 6.07 Å². The fraction of sp³-hybridized carbons (Fsp3) is 0.600. The van der Waals surface area contributed by atoms with Gasteiger partial charge in [0.15, 0.2) is 0 Å². The van der Waals surface area contributed by atoms with E-state index in [4.69, 9.17) is 11.6 Å². The Balaban J connectivity index is 1.65. The average molecular weight is 283 g/mol. The number of fused-ring (bicyclic) bond motifs is 2. The standard InChI is InChI=1S/C15H20ClFN2/c1-19(9-10-4-11(16)6-12(17)5-10)15-7-13-2-3-14(8-15)18-13/h4-6,13-15,18H,2-3,7-9H2,1H3. The van der Waals surface area contributed by atoms with Crippen LogP contribution in [0.15, 0.2) is 18.2 Å². The molecule has 0 amide bonds. The Morgan fingerprint density at radius 1 is 1.26 bits per heavy atom. The molecule has 1 aromatic rings. The molecule has 2 fully saturated rings. The molecule has 2 aliphatic heterocycles. The number of nitrogens with one attached hydrogen (secondary N) is 1. The Hall–Kier alpha value is -0.640. The lowest BCUT2D eigenvalue weighted by Crippen LogP contribution is -2.46. The normalized spacial score (nSPS) is 30.0. The Morgan fingerprint density at radius 3 is 2.58 bits per heavy atom. The van der Waals surface area contributed by atoms with Gasteiger partial charge in [-0.3, -0.25) is 4.90 Å². The Morgan fingerprint density at radius 2 is 1.95 bits per heavy atom. The molecule has 0 saturated carbocycles. The second-order valence-electron chi connectivity index (χ2n) is 5.96. The van der Waals surface area contributed by atoms with Crippen LogP contribution in [0.1, 0.15) is 31.2 Å². The van der Waals surface area contributed by atoms with Crippen molar-refractivity contribution in [3.05, 3.63) is 34.6 Å². The van der Waals surface area contributed by atoms with Crippen molar-refractivity contribution in [1.29, 1.82) is 0 Å². The van der Waals surface area contributed by atoms with Crippen LogP contribution < -0.4 is 5.32 Å². The van der Waals surface area contributed by atoms with E-state index in [1.807, 2.05) is 6.07 Å². The van der Waals surface area contributed by atoms with Gasteiger partial charge in [-0.25, -0.2) is 4.39 Å². The summed E-state index contributed by atoms with van der Waals surface area (Å²) < 4.78 is 13.3. The van der Waals surface area contributed by atoms with Crippen molar-refractivity contribution in [1.82, 2.24) is 10.2 Å². The molecule has 0 radical (unpaired) electrons. The lowest BCUT2D eigenvalue weighted by Gasteiger charge is -2.35. The first-order valence-corrected chi connectivity index (χ1v) is 7.39. The van der Waals surface area contributed by atoms with E-state index < -0.39 is 0 Å². The monoisotopic (exact) mass is 282 g/mol. The van der Waals surface area contributed by atoms with Gasteiger partial charge < -0.3 is 5.32 Å². The van der Waals surface area contributed by atoms with Crippen LogP contribution in [0.5, 0.6) is 0 Å². The molecule has 2 aliphatic rings. The second kappa shape index (κ2) is 5.39. The van der Waals surface area contributed by atoms with E-state index in [-0.39, 0.29) is 5.82 Å². The van der Waals surface area contributed by atoms with E-state index in [0.29, 0.717) is 23.1 Å². The zero-order chi connectivity index (χ0) is 13.4. The minimum atomic E-state index is -0.249. The molecule has 2 bridgehead atoms. The van der Waals surface area contributed by atoms with Crippen LogP contribution in [0.2, 0.25) is 5.02 Å². The van der Waals surface area contributed by atoms with Crippen LogP contribution in [-0.2, 0) is 6.54 Å². The van der Waals surface area contributed by atoms with E-state index in [9.17, 15) is 4.39 Å². The Labute approximate surface area is 118 Å². The number of piperidine rings is 1. The molecule has 104 valence electrons. The number of rotatable bonds is 3. The molecule has 2 unspecified atom stereocenters. The van der Waals surface area contributed by atoms with Crippen LogP contribution >= 0.6 is 11.6 Å². The van der Waals surface area contributed by atoms with E-state index >= 15 is 0 Å². The minimum Gasteiger partial charge on any atom is -0.311 e. The van der Waals surface area contributed by atoms with Gasteiger partial charge in [0.05, 0.1) is 0 Å². The van der Waals surface area contributed by atoms with Crippen molar-refractivity contribution in [2.75, 3.05) is 7.05 Å². The third-order valence-corrected chi connectivity index (χ3v) is 4.64. The SMILES string of the molecule is CN(Cc1cc(F)cc(Cl)c1)C1CC2CCC(C1)N2. The molecule has 2 nitrogen and oxygen atoms in total. The maximum Gasteiger partial charge on any atom is 0.125 e. The largest absolute Gasteiger partial charge is 0.311 e. The molecule has 3 rings (SSSR count). The molecule has 2 heterocycles. The van der Waals surface area contributed by atoms with Gasteiger partial charge in [0, 0.05) is 29.7 Å². The van der Waals surface area contributed by atoms with Gasteiger partial charge in [-0.2, -0.15) is 0 Å². The summed E-state index contributed by atoms with van der Waals surface area (Å²) in [4.78, 5) is 2.34. The highest BCUT2D eigenvalue weighted by Gasteiger charge is 2.34. The van der Waals surface area contributed by atoms with Crippen LogP contribution in [0.25, 0.3) is 0 Å². The number of hydrogen-bond donors (Lipinski definition) is 1. The molecule has 0 spiro atoms. The van der Waals surface area contributed by atoms with Crippen molar-refractivity contribution >= 4 is 11.6 Å². The third-order valence-electron chi connectivity index (χ3n) is 4.43. The summed E-state index contributed by atoms with van der Waals surface area (Å²) in [6.07, 6.45) is 5.02. The van der Waals surface area contributed by atoms with Crippen molar-refractivity contribution in [2.45, 2.75) is 50.4 Å². The second-order valence-corrected chi connectivity index (χ2v) is 6.39. The number of benzene rings is 1. The van der Waals surface area contributed by atoms with Crippen LogP contribution in [0.4, 0.5) is 4.39 Å². The number of halogens is 2. The minimum absolute atomic E-state index is 0.249. The molecular formula is C15H20ClFN2. The molecule has 1 aromatic carbocycles. The summed E-state index contributed by atoms with van der Waals surface area (Å²) in [6, 6.07) is 6.76. The average Bonchev–Trinajstić information content (AvgIpc) is 2.66. The summed E-state index contributed by atoms with van der Waals surface area (Å²) in [6.45, 7) is 0.765. The van der Waals surface area contributed by atoms with Crippen molar-refractivity contribution in [2.24, 2.45) is 0 Å². The van der Waals surface area contributed by atoms with Gasteiger partial charge in [0.1, 0.15) is 5.82 Å². The summed E-state index contributed by atoms with van der Waals surface area (Å²) >= 11 is 5.91. The molecule has 19 heavy (non-hydrogen) atoms. The Kier molecular flexibility index (Phi) is 3.79. The van der Waals surface area contributed by atoms with Gasteiger partial charge in [0.2, 0.25) is 0 Å². The van der Waals surface area contributed by atoms with Gasteiger partial charge in [0.25, 0.3) is 0 Å². The molecule has 2 saturated heterocycles. The summed E-state index contributed by atoms with van der Waals surface area (Å²) in [5.74, 6) is -0.249. The molecule has 2 atom stereocenters. The van der Waals surface area contributed by atoms with Gasteiger partial charge in [-0.1, -0.05) is 11.6 Å². The van der Waals surface area contributed by atoms with Crippen LogP contribution in [0, 0.1) is 5.82 Å². The Bertz CT molecular complexity index is 433. The first-order chi connectivity index (χ1) is 9.10. The van der Waals surface area contributed by atoms with Crippen LogP contribution in [-0.4, -0.2) is 30.1 Å². The summed E-state index contributed by atoms with van der Waals surface area (Å²) in [7, 11) is 2.13. The highest BCUT2D eigenvalue weighted by molar-refractivity contribution is 6.30. The first-order valence-electron chi connectivity index (χ1n) is 7.01. The smallest absolute Gasteiger partial charge is 0.125 e. The highest BCUT2D eigenvalue weighted by Crippen LogP contribution is 2.30. The van der Waals surface area contributed by atoms with E-state index in [0.717, 1.165) is 12.1 Å². The number of hydrogen-bond acceptors (Lipinski definition) is 2. The topological polar surface area (TPSA) is 15.3 Å². The molecule has 1 N–H and O–H groups in total. The van der Waals surface area contributed by atoms with Crippen LogP contribution in [0.3, 0.4) is 0 Å². The van der Waals surface area contributed by atoms with E-state index in [1.165, 1.54) is 31.7 Å². The maximum atomic E-state index is 13.3. The van der Waals surface area contributed by atoms with E-state index in [2.05, 4.69) is 17.3 Å². The molecule has 0 aliphatic carbocycles. The quantitative estimate of drug-likeness (QED) is 0.916. The molecule has 4 heteroatoms. The molecular weight excluding hydrogens is 263 g/mol. The first kappa shape index (κ1) is 13.3. The van der Waals surface area contributed by atoms with Gasteiger partial charge in [-0.05, 0) is 56.5 Å². The van der Waals surface area contributed by atoms with Gasteiger partial charge in [-0.15, -0.1) is 0 Å². The highest BCUT2D eigenvalue weighted by atomic mass is 35.5.